The van der Waals surface area contributed by atoms with E-state index in [0.717, 1.165) is 83.5 Å². The molecule has 6 heteroatoms. The van der Waals surface area contributed by atoms with E-state index in [-0.39, 0.29) is 31.1 Å². The fraction of sp³-hybridized carbons (Fsp3) is 0.762. The highest BCUT2D eigenvalue weighted by atomic mass is 16.6. The average Bonchev–Trinajstić information content (AvgIpc) is 3.35. The van der Waals surface area contributed by atoms with Crippen LogP contribution in [0, 0.1) is 0 Å². The summed E-state index contributed by atoms with van der Waals surface area (Å²) in [6.07, 6.45) is 73.1. The minimum absolute atomic E-state index is 0.0831. The molecule has 6 nitrogen and oxygen atoms in total. The molecule has 0 rings (SSSR count). The molecule has 0 aliphatic heterocycles. The molecule has 0 aliphatic rings. The van der Waals surface area contributed by atoms with Gasteiger partial charge in [0.25, 0.3) is 0 Å². The quantitative estimate of drug-likeness (QED) is 0.0199. The van der Waals surface area contributed by atoms with Gasteiger partial charge in [0.05, 0.1) is 0 Å². The van der Waals surface area contributed by atoms with E-state index in [9.17, 15) is 14.4 Å². The van der Waals surface area contributed by atoms with E-state index < -0.39 is 6.10 Å². The second-order valence-corrected chi connectivity index (χ2v) is 19.7. The Labute approximate surface area is 427 Å². The third-order valence-corrected chi connectivity index (χ3v) is 12.8. The molecule has 0 amide bonds. The summed E-state index contributed by atoms with van der Waals surface area (Å²) in [4.78, 5) is 38.2. The third kappa shape index (κ3) is 55.6. The van der Waals surface area contributed by atoms with Crippen molar-refractivity contribution in [3.8, 4) is 0 Å². The summed E-state index contributed by atoms with van der Waals surface area (Å²) in [6, 6.07) is 0. The van der Waals surface area contributed by atoms with Crippen LogP contribution in [0.15, 0.2) is 72.9 Å². The van der Waals surface area contributed by atoms with Gasteiger partial charge < -0.3 is 14.2 Å². The lowest BCUT2D eigenvalue weighted by atomic mass is 10.0. The van der Waals surface area contributed by atoms with Crippen LogP contribution in [0.5, 0.6) is 0 Å². The van der Waals surface area contributed by atoms with Gasteiger partial charge >= 0.3 is 17.9 Å². The minimum Gasteiger partial charge on any atom is -0.462 e. The Morgan fingerprint density at radius 1 is 0.290 bits per heavy atom. The summed E-state index contributed by atoms with van der Waals surface area (Å²) in [5, 5.41) is 0. The van der Waals surface area contributed by atoms with E-state index in [4.69, 9.17) is 14.2 Å². The van der Waals surface area contributed by atoms with E-state index in [1.165, 1.54) is 167 Å². The van der Waals surface area contributed by atoms with Crippen molar-refractivity contribution in [2.45, 2.75) is 297 Å². The lowest BCUT2D eigenvalue weighted by Gasteiger charge is -2.18. The molecule has 0 heterocycles. The molecule has 0 N–H and O–H groups in total. The summed E-state index contributed by atoms with van der Waals surface area (Å²) in [7, 11) is 0. The van der Waals surface area contributed by atoms with Gasteiger partial charge in [-0.2, -0.15) is 0 Å². The third-order valence-electron chi connectivity index (χ3n) is 12.8. The van der Waals surface area contributed by atoms with Gasteiger partial charge in [-0.3, -0.25) is 14.4 Å². The number of carbonyl (C=O) groups excluding carboxylic acids is 3. The molecule has 0 saturated carbocycles. The van der Waals surface area contributed by atoms with Crippen molar-refractivity contribution in [3.05, 3.63) is 72.9 Å². The normalized spacial score (nSPS) is 12.6. The van der Waals surface area contributed by atoms with Crippen LogP contribution in [0.25, 0.3) is 0 Å². The second-order valence-electron chi connectivity index (χ2n) is 19.7. The molecule has 1 atom stereocenters. The lowest BCUT2D eigenvalue weighted by Crippen LogP contribution is -2.30. The van der Waals surface area contributed by atoms with Crippen molar-refractivity contribution in [1.82, 2.24) is 0 Å². The average molecular weight is 964 g/mol. The predicted molar refractivity (Wildman–Crippen MR) is 298 cm³/mol. The SMILES string of the molecule is CCC\C=C/C=C\C=C/C=C\C=C/CCCCCCCC(=O)OCC(COC(=O)CCCCCCCCCCCCCCCCCC)OC(=O)CCCCCCCCC/C=C\CCCCCCCC. The zero-order chi connectivity index (χ0) is 50.0. The smallest absolute Gasteiger partial charge is 0.306 e. The highest BCUT2D eigenvalue weighted by Crippen LogP contribution is 2.16. The van der Waals surface area contributed by atoms with Crippen molar-refractivity contribution in [2.24, 2.45) is 0 Å². The maximum atomic E-state index is 12.9. The molecule has 0 aromatic rings. The Morgan fingerprint density at radius 3 is 0.913 bits per heavy atom. The largest absolute Gasteiger partial charge is 0.462 e. The first-order valence-electron chi connectivity index (χ1n) is 29.5. The maximum absolute atomic E-state index is 12.9. The summed E-state index contributed by atoms with van der Waals surface area (Å²) < 4.78 is 16.9. The molecule has 69 heavy (non-hydrogen) atoms. The van der Waals surface area contributed by atoms with Gasteiger partial charge in [-0.1, -0.05) is 280 Å². The number of unbranched alkanes of at least 4 members (excludes halogenated alkanes) is 34. The maximum Gasteiger partial charge on any atom is 0.306 e. The Balaban J connectivity index is 4.43. The van der Waals surface area contributed by atoms with Gasteiger partial charge in [0, 0.05) is 19.3 Å². The van der Waals surface area contributed by atoms with Crippen LogP contribution in [0.3, 0.4) is 0 Å². The number of rotatable bonds is 53. The van der Waals surface area contributed by atoms with Crippen molar-refractivity contribution in [2.75, 3.05) is 13.2 Å². The van der Waals surface area contributed by atoms with Crippen LogP contribution in [-0.2, 0) is 28.6 Å². The first-order valence-corrected chi connectivity index (χ1v) is 29.5. The molecular weight excluding hydrogens is 853 g/mol. The topological polar surface area (TPSA) is 78.9 Å². The number of hydrogen-bond donors (Lipinski definition) is 0. The number of esters is 3. The fourth-order valence-corrected chi connectivity index (χ4v) is 8.35. The van der Waals surface area contributed by atoms with E-state index in [1.807, 2.05) is 24.3 Å². The summed E-state index contributed by atoms with van der Waals surface area (Å²) in [6.45, 7) is 6.55. The molecule has 0 bridgehead atoms. The van der Waals surface area contributed by atoms with Crippen molar-refractivity contribution in [1.29, 1.82) is 0 Å². The number of hydrogen-bond acceptors (Lipinski definition) is 6. The molecule has 0 aromatic heterocycles. The van der Waals surface area contributed by atoms with Crippen LogP contribution in [-0.4, -0.2) is 37.2 Å². The van der Waals surface area contributed by atoms with Crippen molar-refractivity contribution >= 4 is 17.9 Å². The van der Waals surface area contributed by atoms with Gasteiger partial charge in [0.15, 0.2) is 6.10 Å². The molecule has 0 spiro atoms. The van der Waals surface area contributed by atoms with Crippen molar-refractivity contribution < 1.29 is 28.6 Å². The number of ether oxygens (including phenoxy) is 3. The van der Waals surface area contributed by atoms with Crippen LogP contribution < -0.4 is 0 Å². The zero-order valence-electron chi connectivity index (χ0n) is 45.6. The summed E-state index contributed by atoms with van der Waals surface area (Å²) in [5.41, 5.74) is 0. The van der Waals surface area contributed by atoms with E-state index in [1.54, 1.807) is 0 Å². The Bertz CT molecular complexity index is 1290. The lowest BCUT2D eigenvalue weighted by molar-refractivity contribution is -0.167. The van der Waals surface area contributed by atoms with Crippen LogP contribution in [0.1, 0.15) is 290 Å². The molecule has 0 aromatic carbocycles. The van der Waals surface area contributed by atoms with Gasteiger partial charge in [-0.15, -0.1) is 0 Å². The van der Waals surface area contributed by atoms with Crippen LogP contribution in [0.2, 0.25) is 0 Å². The molecule has 1 unspecified atom stereocenters. The van der Waals surface area contributed by atoms with Crippen molar-refractivity contribution in [3.63, 3.8) is 0 Å². The van der Waals surface area contributed by atoms with E-state index in [0.29, 0.717) is 19.3 Å². The molecule has 0 radical (unpaired) electrons. The van der Waals surface area contributed by atoms with Gasteiger partial charge in [0.2, 0.25) is 0 Å². The monoisotopic (exact) mass is 963 g/mol. The van der Waals surface area contributed by atoms with Crippen LogP contribution in [0.4, 0.5) is 0 Å². The minimum atomic E-state index is -0.787. The highest BCUT2D eigenvalue weighted by molar-refractivity contribution is 5.71. The fourth-order valence-electron chi connectivity index (χ4n) is 8.35. The van der Waals surface area contributed by atoms with Gasteiger partial charge in [-0.25, -0.2) is 0 Å². The van der Waals surface area contributed by atoms with Gasteiger partial charge in [0.1, 0.15) is 13.2 Å². The number of allylic oxidation sites excluding steroid dienone is 12. The molecule has 0 fully saturated rings. The summed E-state index contributed by atoms with van der Waals surface area (Å²) >= 11 is 0. The van der Waals surface area contributed by atoms with Crippen LogP contribution >= 0.6 is 0 Å². The predicted octanol–water partition coefficient (Wildman–Crippen LogP) is 19.8. The molecule has 0 saturated heterocycles. The Kier molecular flexibility index (Phi) is 54.8. The second kappa shape index (κ2) is 57.4. The molecule has 0 aliphatic carbocycles. The first kappa shape index (κ1) is 65.8. The van der Waals surface area contributed by atoms with E-state index in [2.05, 4.69) is 69.4 Å². The van der Waals surface area contributed by atoms with Gasteiger partial charge in [-0.05, 0) is 64.2 Å². The Hall–Kier alpha value is -3.15. The Morgan fingerprint density at radius 2 is 0.565 bits per heavy atom. The zero-order valence-corrected chi connectivity index (χ0v) is 45.6. The molecular formula is C63H110O6. The van der Waals surface area contributed by atoms with E-state index >= 15 is 0 Å². The number of carbonyl (C=O) groups is 3. The standard InChI is InChI=1S/C63H110O6/c1-4-7-10-13-16-19-22-25-28-31-33-35-38-41-44-47-50-53-56-62(65)68-59-60(58-67-61(64)55-52-49-46-43-40-37-34-30-27-24-21-18-15-12-9-6-3)69-63(66)57-54-51-48-45-42-39-36-32-29-26-23-20-17-14-11-8-5-2/h10,13,16,19,22,25-26,28-29,31,33,35,60H,4-9,11-12,14-15,17-18,20-21,23-24,27,30,32,34,36-59H2,1-3H3/b13-10-,19-16-,25-22-,29-26-,31-28-,35-33-. The molecule has 398 valence electrons. The summed E-state index contributed by atoms with van der Waals surface area (Å²) in [5.74, 6) is -0.901. The first-order chi connectivity index (χ1) is 34.0. The highest BCUT2D eigenvalue weighted by Gasteiger charge is 2.19.